The van der Waals surface area contributed by atoms with Crippen LogP contribution in [0.2, 0.25) is 0 Å². The number of hydrogen-bond acceptors (Lipinski definition) is 18. The Bertz CT molecular complexity index is 6850. The summed E-state index contributed by atoms with van der Waals surface area (Å²) in [5.74, 6) is 1.54. The second kappa shape index (κ2) is 45.2. The normalized spacial score (nSPS) is 10.6. The van der Waals surface area contributed by atoms with Gasteiger partial charge < -0.3 is 42.6 Å². The smallest absolute Gasteiger partial charge is 0.420 e. The maximum Gasteiger partial charge on any atom is 0.420 e. The van der Waals surface area contributed by atoms with E-state index in [1.54, 1.807) is 124 Å². The number of aromatic nitrogens is 8. The molecule has 7 aromatic carbocycles. The van der Waals surface area contributed by atoms with Crippen LogP contribution in [-0.2, 0) is 31.7 Å². The fourth-order valence-corrected chi connectivity index (χ4v) is 14.6. The number of furan rings is 2. The molecule has 0 saturated carbocycles. The van der Waals surface area contributed by atoms with Crippen molar-refractivity contribution < 1.29 is 71.1 Å². The van der Waals surface area contributed by atoms with Gasteiger partial charge in [0.2, 0.25) is 0 Å². The molecule has 19 aromatic rings. The molecule has 628 valence electrons. The maximum absolute atomic E-state index is 12.0. The van der Waals surface area contributed by atoms with E-state index in [0.717, 1.165) is 159 Å². The highest BCUT2D eigenvalue weighted by Gasteiger charge is 2.22. The van der Waals surface area contributed by atoms with Crippen molar-refractivity contribution in [1.29, 1.82) is 0 Å². The Hall–Kier alpha value is -15.5. The van der Waals surface area contributed by atoms with Crippen LogP contribution < -0.4 is 0 Å². The van der Waals surface area contributed by atoms with Crippen LogP contribution in [-0.4, -0.2) is 119 Å². The number of halogens is 1. The van der Waals surface area contributed by atoms with Gasteiger partial charge in [-0.15, -0.1) is 22.7 Å². The minimum Gasteiger partial charge on any atom is -0.459 e. The Balaban J connectivity index is 0.000000145. The van der Waals surface area contributed by atoms with Gasteiger partial charge in [0.05, 0.1) is 22.0 Å². The van der Waals surface area contributed by atoms with E-state index in [4.69, 9.17) is 20.1 Å². The molecule has 24 nitrogen and oxygen atoms in total. The molecule has 0 atom stereocenters. The first-order valence-corrected chi connectivity index (χ1v) is 40.9. The predicted octanol–water partition coefficient (Wildman–Crippen LogP) is 23.1. The molecule has 12 aromatic heterocycles. The zero-order valence-corrected chi connectivity index (χ0v) is 71.6. The number of thiophene rings is 2. The number of nitrogens with one attached hydrogen (secondary N) is 4. The van der Waals surface area contributed by atoms with Gasteiger partial charge in [-0.3, -0.25) is 52.7 Å². The average Bonchev–Trinajstić information content (AvgIpc) is 1.63. The van der Waals surface area contributed by atoms with Crippen LogP contribution >= 0.6 is 38.6 Å². The van der Waals surface area contributed by atoms with E-state index >= 15 is 0 Å². The Morgan fingerprint density at radius 2 is 1.11 bits per heavy atom. The van der Waals surface area contributed by atoms with Gasteiger partial charge in [0.25, 0.3) is 0 Å². The molecule has 125 heavy (non-hydrogen) atoms. The van der Waals surface area contributed by atoms with Crippen LogP contribution in [0.5, 0.6) is 0 Å². The van der Waals surface area contributed by atoms with Crippen molar-refractivity contribution in [3.63, 3.8) is 0 Å². The molecule has 20 rings (SSSR count). The minimum atomic E-state index is -0.593. The maximum atomic E-state index is 12.0. The van der Waals surface area contributed by atoms with E-state index < -0.39 is 11.7 Å². The molecule has 0 bridgehead atoms. The van der Waals surface area contributed by atoms with Gasteiger partial charge in [-0.25, -0.2) is 19.2 Å². The van der Waals surface area contributed by atoms with Crippen molar-refractivity contribution in [1.82, 2.24) is 38.6 Å². The number of hydrogen-bond donors (Lipinski definition) is 4. The summed E-state index contributed by atoms with van der Waals surface area (Å²) in [4.78, 5) is 148. The van der Waals surface area contributed by atoms with Gasteiger partial charge in [-0.2, -0.15) is 0 Å². The van der Waals surface area contributed by atoms with Gasteiger partial charge in [0.1, 0.15) is 22.6 Å². The van der Waals surface area contributed by atoms with E-state index in [1.807, 2.05) is 170 Å². The van der Waals surface area contributed by atoms with Crippen molar-refractivity contribution in [2.75, 3.05) is 0 Å². The van der Waals surface area contributed by atoms with E-state index in [-0.39, 0.29) is 0 Å². The quantitative estimate of drug-likeness (QED) is 0.0690. The molecule has 0 spiro atoms. The second-order valence-corrected chi connectivity index (χ2v) is 31.2. The van der Waals surface area contributed by atoms with Crippen molar-refractivity contribution in [3.05, 3.63) is 354 Å². The third kappa shape index (κ3) is 24.6. The van der Waals surface area contributed by atoms with E-state index in [1.165, 1.54) is 67.6 Å². The van der Waals surface area contributed by atoms with Crippen molar-refractivity contribution in [2.45, 2.75) is 52.6 Å². The summed E-state index contributed by atoms with van der Waals surface area (Å²) in [6.07, 6.45) is 25.6. The number of H-pyrrole nitrogens is 4. The molecule has 0 radical (unpaired) electrons. The monoisotopic (exact) mass is 1770 g/mol. The zero-order chi connectivity index (χ0) is 89.4. The molecule has 4 N–H and O–H groups in total. The average molecular weight is 1770 g/mol. The number of fused-ring (bicyclic) bond motifs is 10. The SMILES string of the molecule is CC(C)(C)OC(=O)n1cc(C=O)c2cccnc21.Cc1ccc(C=O)o1.Cn1cc(C=O)c2ccccc21.Cn1cccc1C=O.O=Cc1c[nH]c2c3c(ccc12)CCC3.O=Cc1c[nH]c2cc(Br)ccc12.O=Cc1c[nH]c2ccccc12.O=Cc1cc2ccccc2o1.O=Cc1cc2ccccc2s1.O=Cc1cccs1.[C-]#[N+]c1ccc2[nH]cc(C=O)c2c1. The van der Waals surface area contributed by atoms with Gasteiger partial charge in [-0.05, 0) is 177 Å². The molecule has 1 aliphatic rings. The molecule has 12 heterocycles. The standard InChI is InChI=1S/C13H14N2O3.C12H11NO.C10H6N2O.C10H9NO.C9H6BrNO.C9H7NO.C9H6O2.C9H6OS.C6H7NO.C6H6O2.C5H4OS/c1-13(2,3)18-12(17)15-7-9(8-16)10-5-4-6-14-11(10)15;14-7-9-6-13-12-10-3-1-2-8(10)4-5-11(9)12;1-11-8-2-3-10-9(4-8)7(6-13)5-12-10;1-11-6-8(7-12)9-4-2-3-5-10(9)11;10-7-1-2-8-6(5-12)4-11-9(8)3-7;11-6-7-5-10-9-4-2-1-3-8(7)9;2*10-6-8-5-7-3-1-2-4-9(7)11-8;1-7-4-2-3-6(7)5-8;1-5-2-3-6(4-7)8-5;6-4-5-2-1-3-7-5/h4-8H,1-3H3;4-7,13H,1-3H2;2-6,12H;2-7H,1H3;1-5,11H;1-6,10H;2*1-6H;2-5H,1H3;2-4H,1H3;1-4H. The summed E-state index contributed by atoms with van der Waals surface area (Å²) in [5.41, 5.74) is 13.8. The van der Waals surface area contributed by atoms with Crippen LogP contribution in [0.15, 0.2) is 275 Å². The number of para-hydroxylation sites is 3. The highest BCUT2D eigenvalue weighted by Crippen LogP contribution is 2.32. The molecular formula is C98H82BrN9O15S2. The summed E-state index contributed by atoms with van der Waals surface area (Å²) < 4.78 is 22.4. The fourth-order valence-electron chi connectivity index (χ4n) is 12.8. The molecule has 0 saturated heterocycles. The van der Waals surface area contributed by atoms with Crippen molar-refractivity contribution in [2.24, 2.45) is 14.1 Å². The molecule has 0 amide bonds. The Labute approximate surface area is 732 Å². The van der Waals surface area contributed by atoms with Crippen LogP contribution in [0.3, 0.4) is 0 Å². The lowest BCUT2D eigenvalue weighted by atomic mass is 10.1. The Morgan fingerprint density at radius 3 is 1.71 bits per heavy atom. The van der Waals surface area contributed by atoms with Crippen LogP contribution in [0.1, 0.15) is 157 Å². The highest BCUT2D eigenvalue weighted by atomic mass is 79.9. The van der Waals surface area contributed by atoms with Gasteiger partial charge in [0, 0.05) is 166 Å². The molecule has 1 aliphatic carbocycles. The van der Waals surface area contributed by atoms with Gasteiger partial charge in [0.15, 0.2) is 86.4 Å². The van der Waals surface area contributed by atoms with Gasteiger partial charge in [-0.1, -0.05) is 119 Å². The Morgan fingerprint density at radius 1 is 0.504 bits per heavy atom. The lowest BCUT2D eigenvalue weighted by Crippen LogP contribution is -2.26. The molecule has 0 fully saturated rings. The van der Waals surface area contributed by atoms with E-state index in [0.29, 0.717) is 69.5 Å². The van der Waals surface area contributed by atoms with E-state index in [2.05, 4.69) is 57.8 Å². The molecule has 0 unspecified atom stereocenters. The number of ether oxygens (including phenoxy) is 1. The number of carbonyl (C=O) groups is 12. The lowest BCUT2D eigenvalue weighted by molar-refractivity contribution is 0.0542. The topological polar surface area (TPSA) is 336 Å². The molecular weight excluding hydrogens is 1690 g/mol. The van der Waals surface area contributed by atoms with Crippen LogP contribution in [0.4, 0.5) is 10.5 Å². The number of pyridine rings is 1. The van der Waals surface area contributed by atoms with Crippen LogP contribution in [0.25, 0.3) is 91.4 Å². The number of carbonyl (C=O) groups excluding carboxylic acids is 12. The predicted molar refractivity (Wildman–Crippen MR) is 494 cm³/mol. The fraction of sp³-hybridized carbons (Fsp3) is 0.102. The van der Waals surface area contributed by atoms with Crippen molar-refractivity contribution >= 4 is 206 Å². The number of aryl methyl sites for hydroxylation is 5. The van der Waals surface area contributed by atoms with E-state index in [9.17, 15) is 57.5 Å². The first kappa shape index (κ1) is 91.8. The molecule has 27 heteroatoms. The van der Waals surface area contributed by atoms with Gasteiger partial charge >= 0.3 is 6.09 Å². The van der Waals surface area contributed by atoms with Crippen LogP contribution in [0, 0.1) is 13.5 Å². The van der Waals surface area contributed by atoms with Crippen molar-refractivity contribution in [3.8, 4) is 0 Å². The first-order chi connectivity index (χ1) is 60.6. The summed E-state index contributed by atoms with van der Waals surface area (Å²) in [6.45, 7) is 14.0. The molecule has 0 aliphatic heterocycles. The second-order valence-electron chi connectivity index (χ2n) is 28.2. The third-order valence-corrected chi connectivity index (χ3v) is 21.1. The number of nitrogens with zero attached hydrogens (tertiary/aromatic N) is 5. The summed E-state index contributed by atoms with van der Waals surface area (Å²) in [7, 11) is 3.78. The Kier molecular flexibility index (Phi) is 33.2. The number of aromatic amines is 4. The summed E-state index contributed by atoms with van der Waals surface area (Å²) in [6, 6.07) is 64.1. The number of rotatable bonds is 11. The lowest BCUT2D eigenvalue weighted by Gasteiger charge is -2.19. The largest absolute Gasteiger partial charge is 0.459 e. The summed E-state index contributed by atoms with van der Waals surface area (Å²) >= 11 is 6.34. The highest BCUT2D eigenvalue weighted by molar-refractivity contribution is 9.10. The number of benzene rings is 7. The number of aldehydes is 11. The first-order valence-electron chi connectivity index (χ1n) is 38.4. The zero-order valence-electron chi connectivity index (χ0n) is 68.4. The summed E-state index contributed by atoms with van der Waals surface area (Å²) in [5, 5.41) is 9.49. The minimum absolute atomic E-state index is 0.381. The third-order valence-electron chi connectivity index (χ3n) is 18.7.